The van der Waals surface area contributed by atoms with Crippen LogP contribution in [0.2, 0.25) is 0 Å². The Bertz CT molecular complexity index is 1310. The molecule has 1 atom stereocenters. The summed E-state index contributed by atoms with van der Waals surface area (Å²) >= 11 is 0. The number of morpholine rings is 1. The van der Waals surface area contributed by atoms with Gasteiger partial charge in [0.2, 0.25) is 0 Å². The van der Waals surface area contributed by atoms with E-state index in [-0.39, 0.29) is 11.3 Å². The molecule has 0 radical (unpaired) electrons. The standard InChI is InChI=1S/C33H42N2O7/c1-6-16-41-25-8-9-26(23(4)20-25)31(36)29-30(24-7-10-27(28(21-24)39-5)42-17-11-22(2)3)35(33(38)32(29)37)13-12-34-14-18-40-19-15-34/h6-10,20-22,30,36H,1,11-19H2,2-5H3. The Morgan fingerprint density at radius 2 is 1.86 bits per heavy atom. The maximum Gasteiger partial charge on any atom is 0.295 e. The van der Waals surface area contributed by atoms with Crippen molar-refractivity contribution < 1.29 is 33.6 Å². The number of methoxy groups -OCH3 is 1. The highest BCUT2D eigenvalue weighted by molar-refractivity contribution is 6.46. The van der Waals surface area contributed by atoms with E-state index in [1.165, 1.54) is 0 Å². The third-order valence-electron chi connectivity index (χ3n) is 7.58. The fourth-order valence-electron chi connectivity index (χ4n) is 5.20. The first kappa shape index (κ1) is 31.1. The van der Waals surface area contributed by atoms with Crippen LogP contribution in [0.5, 0.6) is 17.2 Å². The molecule has 2 aromatic carbocycles. The number of amides is 1. The van der Waals surface area contributed by atoms with Crippen LogP contribution in [0.3, 0.4) is 0 Å². The van der Waals surface area contributed by atoms with Crippen LogP contribution in [0.4, 0.5) is 0 Å². The van der Waals surface area contributed by atoms with Crippen molar-refractivity contribution in [1.29, 1.82) is 0 Å². The molecule has 2 aliphatic heterocycles. The number of benzene rings is 2. The summed E-state index contributed by atoms with van der Waals surface area (Å²) in [6, 6.07) is 9.82. The van der Waals surface area contributed by atoms with Crippen LogP contribution in [0.25, 0.3) is 5.76 Å². The van der Waals surface area contributed by atoms with Gasteiger partial charge in [-0.2, -0.15) is 0 Å². The van der Waals surface area contributed by atoms with Crippen molar-refractivity contribution in [3.05, 3.63) is 71.3 Å². The predicted octanol–water partition coefficient (Wildman–Crippen LogP) is 4.75. The first-order valence-corrected chi connectivity index (χ1v) is 14.5. The largest absolute Gasteiger partial charge is 0.507 e. The van der Waals surface area contributed by atoms with Crippen LogP contribution in [0, 0.1) is 12.8 Å². The molecule has 2 saturated heterocycles. The van der Waals surface area contributed by atoms with Gasteiger partial charge in [-0.3, -0.25) is 14.5 Å². The predicted molar refractivity (Wildman–Crippen MR) is 161 cm³/mol. The minimum Gasteiger partial charge on any atom is -0.507 e. The normalized spacial score (nSPS) is 18.9. The number of nitrogens with zero attached hydrogens (tertiary/aromatic N) is 2. The summed E-state index contributed by atoms with van der Waals surface area (Å²) in [5.41, 5.74) is 1.85. The minimum atomic E-state index is -0.805. The smallest absolute Gasteiger partial charge is 0.295 e. The molecule has 0 saturated carbocycles. The van der Waals surface area contributed by atoms with E-state index in [4.69, 9.17) is 18.9 Å². The second-order valence-corrected chi connectivity index (χ2v) is 11.0. The zero-order valence-corrected chi connectivity index (χ0v) is 25.1. The number of ether oxygens (including phenoxy) is 4. The van der Waals surface area contributed by atoms with Crippen molar-refractivity contribution in [2.75, 3.05) is 59.7 Å². The second-order valence-electron chi connectivity index (χ2n) is 11.0. The van der Waals surface area contributed by atoms with Gasteiger partial charge in [-0.15, -0.1) is 0 Å². The molecule has 1 unspecified atom stereocenters. The lowest BCUT2D eigenvalue weighted by molar-refractivity contribution is -0.140. The fourth-order valence-corrected chi connectivity index (χ4v) is 5.20. The lowest BCUT2D eigenvalue weighted by Gasteiger charge is -2.31. The molecule has 1 amide bonds. The van der Waals surface area contributed by atoms with Crippen molar-refractivity contribution in [1.82, 2.24) is 9.80 Å². The van der Waals surface area contributed by atoms with Crippen molar-refractivity contribution in [3.63, 3.8) is 0 Å². The number of hydrogen-bond donors (Lipinski definition) is 1. The van der Waals surface area contributed by atoms with E-state index >= 15 is 0 Å². The minimum absolute atomic E-state index is 0.0420. The summed E-state index contributed by atoms with van der Waals surface area (Å²) in [5, 5.41) is 11.6. The quantitative estimate of drug-likeness (QED) is 0.158. The Morgan fingerprint density at radius 3 is 2.52 bits per heavy atom. The number of aliphatic hydroxyl groups excluding tert-OH is 1. The Balaban J connectivity index is 1.74. The summed E-state index contributed by atoms with van der Waals surface area (Å²) in [5.74, 6) is 0.595. The number of rotatable bonds is 13. The number of Topliss-reactive ketones (excluding diaryl/α,β-unsaturated/α-hetero) is 1. The van der Waals surface area contributed by atoms with Gasteiger partial charge in [-0.25, -0.2) is 0 Å². The highest BCUT2D eigenvalue weighted by Gasteiger charge is 2.46. The average molecular weight is 579 g/mol. The van der Waals surface area contributed by atoms with E-state index in [2.05, 4.69) is 25.3 Å². The lowest BCUT2D eigenvalue weighted by Crippen LogP contribution is -2.42. The topological polar surface area (TPSA) is 97.8 Å². The van der Waals surface area contributed by atoms with Crippen molar-refractivity contribution in [3.8, 4) is 17.2 Å². The first-order valence-electron chi connectivity index (χ1n) is 14.5. The highest BCUT2D eigenvalue weighted by Crippen LogP contribution is 2.42. The number of aliphatic hydroxyl groups is 1. The van der Waals surface area contributed by atoms with Crippen LogP contribution in [-0.2, 0) is 14.3 Å². The van der Waals surface area contributed by atoms with Crippen LogP contribution < -0.4 is 14.2 Å². The summed E-state index contributed by atoms with van der Waals surface area (Å²) in [4.78, 5) is 30.8. The van der Waals surface area contributed by atoms with Crippen molar-refractivity contribution in [2.24, 2.45) is 5.92 Å². The third kappa shape index (κ3) is 7.14. The molecule has 1 N–H and O–H groups in total. The van der Waals surface area contributed by atoms with Crippen LogP contribution >= 0.6 is 0 Å². The molecule has 0 aromatic heterocycles. The van der Waals surface area contributed by atoms with E-state index in [1.807, 2.05) is 13.0 Å². The molecule has 4 rings (SSSR count). The maximum atomic E-state index is 13.6. The molecule has 9 nitrogen and oxygen atoms in total. The SMILES string of the molecule is C=CCOc1ccc(C(O)=C2C(=O)C(=O)N(CCN3CCOCC3)C2c2ccc(OCCC(C)C)c(OC)c2)c(C)c1. The summed E-state index contributed by atoms with van der Waals surface area (Å²) in [6.07, 6.45) is 2.54. The van der Waals surface area contributed by atoms with Gasteiger partial charge in [0.05, 0.1) is 38.5 Å². The zero-order chi connectivity index (χ0) is 30.2. The zero-order valence-electron chi connectivity index (χ0n) is 25.1. The number of carbonyl (C=O) groups is 2. The monoisotopic (exact) mass is 578 g/mol. The van der Waals surface area contributed by atoms with E-state index in [9.17, 15) is 14.7 Å². The van der Waals surface area contributed by atoms with Gasteiger partial charge in [0.25, 0.3) is 11.7 Å². The van der Waals surface area contributed by atoms with Gasteiger partial charge >= 0.3 is 0 Å². The molecule has 2 aliphatic rings. The molecule has 0 spiro atoms. The molecule has 42 heavy (non-hydrogen) atoms. The molecule has 9 heteroatoms. The van der Waals surface area contributed by atoms with Gasteiger partial charge < -0.3 is 29.0 Å². The Kier molecular flexibility index (Phi) is 10.7. The van der Waals surface area contributed by atoms with Crippen molar-refractivity contribution in [2.45, 2.75) is 33.2 Å². The van der Waals surface area contributed by atoms with Gasteiger partial charge in [0.1, 0.15) is 18.1 Å². The maximum absolute atomic E-state index is 13.6. The summed E-state index contributed by atoms with van der Waals surface area (Å²) < 4.78 is 22.7. The Labute approximate surface area is 248 Å². The van der Waals surface area contributed by atoms with Gasteiger partial charge in [-0.05, 0) is 60.7 Å². The molecule has 0 bridgehead atoms. The molecule has 2 heterocycles. The fraction of sp³-hybridized carbons (Fsp3) is 0.455. The number of hydrogen-bond acceptors (Lipinski definition) is 8. The summed E-state index contributed by atoms with van der Waals surface area (Å²) in [7, 11) is 1.56. The van der Waals surface area contributed by atoms with E-state index < -0.39 is 17.7 Å². The Hall–Kier alpha value is -3.82. The van der Waals surface area contributed by atoms with Crippen LogP contribution in [-0.4, -0.2) is 86.3 Å². The van der Waals surface area contributed by atoms with E-state index in [1.54, 1.807) is 48.4 Å². The molecule has 2 aromatic rings. The second kappa shape index (κ2) is 14.4. The summed E-state index contributed by atoms with van der Waals surface area (Å²) in [6.45, 7) is 14.3. The van der Waals surface area contributed by atoms with E-state index in [0.29, 0.717) is 79.4 Å². The van der Waals surface area contributed by atoms with Gasteiger partial charge in [0.15, 0.2) is 11.5 Å². The molecule has 0 aliphatic carbocycles. The lowest BCUT2D eigenvalue weighted by atomic mass is 9.93. The highest BCUT2D eigenvalue weighted by atomic mass is 16.5. The van der Waals surface area contributed by atoms with Crippen LogP contribution in [0.1, 0.15) is 43.0 Å². The molecule has 226 valence electrons. The Morgan fingerprint density at radius 1 is 1.10 bits per heavy atom. The first-order chi connectivity index (χ1) is 20.2. The van der Waals surface area contributed by atoms with Gasteiger partial charge in [-0.1, -0.05) is 32.6 Å². The van der Waals surface area contributed by atoms with Gasteiger partial charge in [0, 0.05) is 31.7 Å². The number of ketones is 1. The average Bonchev–Trinajstić information content (AvgIpc) is 3.24. The molecular formula is C33H42N2O7. The van der Waals surface area contributed by atoms with Crippen LogP contribution in [0.15, 0.2) is 54.6 Å². The van der Waals surface area contributed by atoms with E-state index in [0.717, 1.165) is 19.5 Å². The number of carbonyl (C=O) groups excluding carboxylic acids is 2. The number of likely N-dealkylation sites (tertiary alicyclic amines) is 1. The third-order valence-corrected chi connectivity index (χ3v) is 7.58. The molecule has 2 fully saturated rings. The number of aryl methyl sites for hydroxylation is 1. The molecular weight excluding hydrogens is 536 g/mol. The van der Waals surface area contributed by atoms with Crippen molar-refractivity contribution >= 4 is 17.4 Å².